The van der Waals surface area contributed by atoms with Crippen LogP contribution in [0.5, 0.6) is 0 Å². The number of nitrogens with two attached hydrogens (primary N) is 1. The third kappa shape index (κ3) is 2.02. The van der Waals surface area contributed by atoms with Crippen LogP contribution >= 0.6 is 0 Å². The van der Waals surface area contributed by atoms with Crippen LogP contribution in [0.2, 0.25) is 0 Å². The van der Waals surface area contributed by atoms with Crippen LogP contribution < -0.4 is 10.6 Å². The zero-order chi connectivity index (χ0) is 13.6. The smallest absolute Gasteiger partial charge is 0.206 e. The van der Waals surface area contributed by atoms with E-state index in [9.17, 15) is 4.39 Å². The van der Waals surface area contributed by atoms with E-state index in [-0.39, 0.29) is 23.6 Å². The molecule has 0 unspecified atom stereocenters. The van der Waals surface area contributed by atoms with Gasteiger partial charge in [0.1, 0.15) is 0 Å². The second kappa shape index (κ2) is 4.38. The number of ether oxygens (including phenoxy) is 1. The number of rotatable bonds is 1. The van der Waals surface area contributed by atoms with Gasteiger partial charge in [0.15, 0.2) is 11.6 Å². The molecular formula is C13H15FN3O2. The number of hydrogen-bond donors (Lipinski definition) is 1. The van der Waals surface area contributed by atoms with Gasteiger partial charge in [-0.2, -0.15) is 0 Å². The molecule has 5 nitrogen and oxygen atoms in total. The van der Waals surface area contributed by atoms with Crippen LogP contribution in [0.1, 0.15) is 13.8 Å². The summed E-state index contributed by atoms with van der Waals surface area (Å²) in [5.74, 6) is -0.289. The third-order valence-corrected chi connectivity index (χ3v) is 3.25. The molecule has 0 amide bonds. The Balaban J connectivity index is 2.03. The first-order valence-electron chi connectivity index (χ1n) is 6.21. The van der Waals surface area contributed by atoms with Crippen molar-refractivity contribution >= 4 is 22.5 Å². The minimum atomic E-state index is -0.469. The number of halogens is 1. The van der Waals surface area contributed by atoms with Gasteiger partial charge in [0.25, 0.3) is 0 Å². The lowest BCUT2D eigenvalue weighted by Gasteiger charge is -2.36. The molecular weight excluding hydrogens is 249 g/mol. The molecule has 0 aliphatic carbocycles. The Bertz CT molecular complexity index is 603. The van der Waals surface area contributed by atoms with Gasteiger partial charge < -0.3 is 19.9 Å². The standard InChI is InChI=1S/C13H15FN3O2/c1-7-5-17(6-8(2)18-7)10-4-3-9-12(11(10)14)19-16-13(9)15/h3,7-8H,5-6H2,1-2H3,(H2,15,16)/t7-,8+. The van der Waals surface area contributed by atoms with Gasteiger partial charge in [0.05, 0.1) is 23.3 Å². The van der Waals surface area contributed by atoms with Crippen molar-refractivity contribution in [1.29, 1.82) is 0 Å². The fourth-order valence-electron chi connectivity index (χ4n) is 2.51. The average molecular weight is 264 g/mol. The summed E-state index contributed by atoms with van der Waals surface area (Å²) < 4.78 is 25.0. The predicted octanol–water partition coefficient (Wildman–Crippen LogP) is 1.96. The van der Waals surface area contributed by atoms with Crippen LogP contribution in [0, 0.1) is 11.9 Å². The summed E-state index contributed by atoms with van der Waals surface area (Å²) in [4.78, 5) is 1.91. The third-order valence-electron chi connectivity index (χ3n) is 3.25. The van der Waals surface area contributed by atoms with E-state index in [1.807, 2.05) is 18.7 Å². The minimum absolute atomic E-state index is 0.0482. The van der Waals surface area contributed by atoms with E-state index in [2.05, 4.69) is 11.2 Å². The highest BCUT2D eigenvalue weighted by Gasteiger charge is 2.26. The van der Waals surface area contributed by atoms with Gasteiger partial charge in [0, 0.05) is 19.2 Å². The van der Waals surface area contributed by atoms with E-state index < -0.39 is 5.82 Å². The van der Waals surface area contributed by atoms with Crippen molar-refractivity contribution in [3.05, 3.63) is 17.9 Å². The quantitative estimate of drug-likeness (QED) is 0.853. The Morgan fingerprint density at radius 2 is 2.11 bits per heavy atom. The number of morpholine rings is 1. The molecule has 1 aromatic heterocycles. The summed E-state index contributed by atoms with van der Waals surface area (Å²) in [6.45, 7) is 5.16. The number of aromatic nitrogens is 1. The van der Waals surface area contributed by atoms with Crippen LogP contribution in [0.25, 0.3) is 11.0 Å². The van der Waals surface area contributed by atoms with Crippen LogP contribution in [-0.2, 0) is 4.74 Å². The van der Waals surface area contributed by atoms with E-state index in [0.717, 1.165) is 0 Å². The first-order valence-corrected chi connectivity index (χ1v) is 6.21. The van der Waals surface area contributed by atoms with Gasteiger partial charge in [-0.1, -0.05) is 5.16 Å². The Kier molecular flexibility index (Phi) is 2.82. The van der Waals surface area contributed by atoms with E-state index in [1.54, 1.807) is 6.07 Å². The molecule has 1 aromatic carbocycles. The van der Waals surface area contributed by atoms with Crippen molar-refractivity contribution < 1.29 is 13.7 Å². The first-order chi connectivity index (χ1) is 9.06. The fraction of sp³-hybridized carbons (Fsp3) is 0.462. The van der Waals surface area contributed by atoms with Crippen molar-refractivity contribution in [2.45, 2.75) is 26.1 Å². The molecule has 3 rings (SSSR count). The van der Waals surface area contributed by atoms with Crippen molar-refractivity contribution in [3.63, 3.8) is 0 Å². The maximum Gasteiger partial charge on any atom is 0.206 e. The normalized spacial score (nSPS) is 24.1. The number of anilines is 2. The summed E-state index contributed by atoms with van der Waals surface area (Å²) in [6, 6.07) is 4.55. The molecule has 1 radical (unpaired) electrons. The van der Waals surface area contributed by atoms with Crippen LogP contribution in [-0.4, -0.2) is 30.5 Å². The Morgan fingerprint density at radius 3 is 2.79 bits per heavy atom. The highest BCUT2D eigenvalue weighted by molar-refractivity contribution is 5.89. The molecule has 2 aromatic rings. The molecule has 1 saturated heterocycles. The molecule has 1 fully saturated rings. The second-order valence-electron chi connectivity index (χ2n) is 4.92. The molecule has 2 heterocycles. The van der Waals surface area contributed by atoms with Crippen molar-refractivity contribution in [3.8, 4) is 0 Å². The zero-order valence-electron chi connectivity index (χ0n) is 10.8. The number of nitrogen functional groups attached to an aromatic ring is 1. The Hall–Kier alpha value is -1.82. The molecule has 2 atom stereocenters. The number of benzene rings is 1. The Labute approximate surface area is 110 Å². The highest BCUT2D eigenvalue weighted by atomic mass is 19.1. The minimum Gasteiger partial charge on any atom is -0.380 e. The lowest BCUT2D eigenvalue weighted by molar-refractivity contribution is -0.00540. The molecule has 1 aliphatic rings. The Morgan fingerprint density at radius 1 is 1.42 bits per heavy atom. The first kappa shape index (κ1) is 12.2. The number of nitrogens with zero attached hydrogens (tertiary/aromatic N) is 2. The van der Waals surface area contributed by atoms with E-state index in [0.29, 0.717) is 24.2 Å². The second-order valence-corrected chi connectivity index (χ2v) is 4.92. The van der Waals surface area contributed by atoms with Crippen LogP contribution in [0.3, 0.4) is 0 Å². The van der Waals surface area contributed by atoms with Gasteiger partial charge >= 0.3 is 0 Å². The molecule has 0 spiro atoms. The topological polar surface area (TPSA) is 64.5 Å². The van der Waals surface area contributed by atoms with E-state index >= 15 is 0 Å². The summed E-state index contributed by atoms with van der Waals surface area (Å²) in [5, 5.41) is 4.03. The SMILES string of the molecule is C[C@@H]1CN(c2[c]cc3c(N)noc3c2F)C[C@H](C)O1. The summed E-state index contributed by atoms with van der Waals surface area (Å²) in [7, 11) is 0. The monoisotopic (exact) mass is 264 g/mol. The predicted molar refractivity (Wildman–Crippen MR) is 69.4 cm³/mol. The van der Waals surface area contributed by atoms with E-state index in [4.69, 9.17) is 15.0 Å². The van der Waals surface area contributed by atoms with Gasteiger partial charge in [0.2, 0.25) is 5.58 Å². The molecule has 6 heteroatoms. The average Bonchev–Trinajstić information content (AvgIpc) is 2.71. The molecule has 2 N–H and O–H groups in total. The number of fused-ring (bicyclic) bond motifs is 1. The van der Waals surface area contributed by atoms with Crippen molar-refractivity contribution in [2.24, 2.45) is 0 Å². The van der Waals surface area contributed by atoms with Crippen molar-refractivity contribution in [2.75, 3.05) is 23.7 Å². The molecule has 1 aliphatic heterocycles. The summed E-state index contributed by atoms with van der Waals surface area (Å²) >= 11 is 0. The van der Waals surface area contributed by atoms with Crippen LogP contribution in [0.15, 0.2) is 10.6 Å². The molecule has 101 valence electrons. The molecule has 0 saturated carbocycles. The largest absolute Gasteiger partial charge is 0.380 e. The fourth-order valence-corrected chi connectivity index (χ4v) is 2.51. The lowest BCUT2D eigenvalue weighted by atomic mass is 10.1. The van der Waals surface area contributed by atoms with E-state index in [1.165, 1.54) is 0 Å². The number of hydrogen-bond acceptors (Lipinski definition) is 5. The molecule has 0 bridgehead atoms. The maximum atomic E-state index is 14.4. The molecule has 19 heavy (non-hydrogen) atoms. The van der Waals surface area contributed by atoms with Crippen molar-refractivity contribution in [1.82, 2.24) is 5.16 Å². The lowest BCUT2D eigenvalue weighted by Crippen LogP contribution is -2.45. The maximum absolute atomic E-state index is 14.4. The summed E-state index contributed by atoms with van der Waals surface area (Å²) in [6.07, 6.45) is 0.0964. The van der Waals surface area contributed by atoms with Gasteiger partial charge in [-0.3, -0.25) is 0 Å². The van der Waals surface area contributed by atoms with Gasteiger partial charge in [-0.05, 0) is 19.9 Å². The highest BCUT2D eigenvalue weighted by Crippen LogP contribution is 2.31. The zero-order valence-corrected chi connectivity index (χ0v) is 10.8. The van der Waals surface area contributed by atoms with Gasteiger partial charge in [-0.15, -0.1) is 0 Å². The summed E-state index contributed by atoms with van der Waals surface area (Å²) in [5.41, 5.74) is 6.05. The van der Waals surface area contributed by atoms with Crippen LogP contribution in [0.4, 0.5) is 15.9 Å². The van der Waals surface area contributed by atoms with Gasteiger partial charge in [-0.25, -0.2) is 4.39 Å².